The molecule has 0 unspecified atom stereocenters. The molecule has 2 aromatic heterocycles. The molecule has 0 aliphatic heterocycles. The topological polar surface area (TPSA) is 27.8 Å². The second kappa shape index (κ2) is 5.43. The van der Waals surface area contributed by atoms with Gasteiger partial charge in [-0.25, -0.2) is 0 Å². The van der Waals surface area contributed by atoms with Gasteiger partial charge in [0, 0.05) is 35.1 Å². The van der Waals surface area contributed by atoms with Crippen molar-refractivity contribution in [1.82, 2.24) is 10.3 Å². The van der Waals surface area contributed by atoms with Crippen LogP contribution in [0.4, 0.5) is 0 Å². The van der Waals surface area contributed by atoms with Gasteiger partial charge >= 0.3 is 0 Å². The molecule has 2 heterocycles. The first-order valence-corrected chi connectivity index (χ1v) is 7.84. The highest BCUT2D eigenvalue weighted by Crippen LogP contribution is 2.26. The third-order valence-corrected chi connectivity index (χ3v) is 4.94. The third kappa shape index (κ3) is 2.79. The van der Waals surface area contributed by atoms with Gasteiger partial charge in [-0.15, -0.1) is 11.3 Å². The van der Waals surface area contributed by atoms with E-state index in [2.05, 4.69) is 65.9 Å². The number of thiophene rings is 1. The Morgan fingerprint density at radius 3 is 2.90 bits per heavy atom. The fourth-order valence-electron chi connectivity index (χ4n) is 2.48. The van der Waals surface area contributed by atoms with Crippen LogP contribution in [0, 0.1) is 0 Å². The SMILES string of the molecule is CC(C)(CNCc1ccc2cc[nH]c2c1)c1cccs1. The van der Waals surface area contributed by atoms with Gasteiger partial charge in [0.1, 0.15) is 0 Å². The molecule has 0 atom stereocenters. The maximum atomic E-state index is 3.58. The highest BCUT2D eigenvalue weighted by molar-refractivity contribution is 7.10. The normalized spacial score (nSPS) is 12.1. The van der Waals surface area contributed by atoms with Crippen LogP contribution in [-0.2, 0) is 12.0 Å². The minimum atomic E-state index is 0.185. The van der Waals surface area contributed by atoms with Crippen LogP contribution < -0.4 is 5.32 Å². The summed E-state index contributed by atoms with van der Waals surface area (Å²) in [5.74, 6) is 0. The van der Waals surface area contributed by atoms with Crippen molar-refractivity contribution in [2.45, 2.75) is 25.8 Å². The molecule has 0 aliphatic rings. The summed E-state index contributed by atoms with van der Waals surface area (Å²) in [5.41, 5.74) is 2.72. The second-order valence-electron chi connectivity index (χ2n) is 5.86. The number of fused-ring (bicyclic) bond motifs is 1. The molecule has 3 rings (SSSR count). The van der Waals surface area contributed by atoms with Gasteiger partial charge in [0.15, 0.2) is 0 Å². The van der Waals surface area contributed by atoms with Crippen molar-refractivity contribution in [3.63, 3.8) is 0 Å². The summed E-state index contributed by atoms with van der Waals surface area (Å²) >= 11 is 1.83. The van der Waals surface area contributed by atoms with Crippen LogP contribution in [0.2, 0.25) is 0 Å². The van der Waals surface area contributed by atoms with Crippen LogP contribution in [0.25, 0.3) is 10.9 Å². The molecule has 0 radical (unpaired) electrons. The van der Waals surface area contributed by atoms with E-state index in [0.717, 1.165) is 13.1 Å². The molecule has 3 aromatic rings. The van der Waals surface area contributed by atoms with E-state index in [1.54, 1.807) is 0 Å². The van der Waals surface area contributed by atoms with Gasteiger partial charge in [-0.1, -0.05) is 32.0 Å². The molecule has 20 heavy (non-hydrogen) atoms. The lowest BCUT2D eigenvalue weighted by Gasteiger charge is -2.23. The molecule has 0 aliphatic carbocycles. The first-order valence-electron chi connectivity index (χ1n) is 6.96. The summed E-state index contributed by atoms with van der Waals surface area (Å²) < 4.78 is 0. The Hall–Kier alpha value is -1.58. The van der Waals surface area contributed by atoms with Gasteiger partial charge in [-0.3, -0.25) is 0 Å². The molecule has 0 saturated heterocycles. The van der Waals surface area contributed by atoms with E-state index in [1.807, 2.05) is 17.5 Å². The van der Waals surface area contributed by atoms with Gasteiger partial charge in [-0.2, -0.15) is 0 Å². The van der Waals surface area contributed by atoms with E-state index in [-0.39, 0.29) is 5.41 Å². The van der Waals surface area contributed by atoms with Crippen molar-refractivity contribution in [1.29, 1.82) is 0 Å². The molecule has 0 saturated carbocycles. The quantitative estimate of drug-likeness (QED) is 0.718. The molecule has 2 nitrogen and oxygen atoms in total. The van der Waals surface area contributed by atoms with Crippen LogP contribution in [0.3, 0.4) is 0 Å². The van der Waals surface area contributed by atoms with Gasteiger partial charge in [0.2, 0.25) is 0 Å². The number of H-pyrrole nitrogens is 1. The third-order valence-electron chi connectivity index (χ3n) is 3.70. The van der Waals surface area contributed by atoms with Crippen molar-refractivity contribution >= 4 is 22.2 Å². The zero-order valence-corrected chi connectivity index (χ0v) is 12.8. The van der Waals surface area contributed by atoms with Crippen molar-refractivity contribution in [2.24, 2.45) is 0 Å². The predicted octanol–water partition coefficient (Wildman–Crippen LogP) is 4.30. The van der Waals surface area contributed by atoms with E-state index in [1.165, 1.54) is 21.3 Å². The predicted molar refractivity (Wildman–Crippen MR) is 87.4 cm³/mol. The van der Waals surface area contributed by atoms with Crippen molar-refractivity contribution in [2.75, 3.05) is 6.54 Å². The molecule has 2 N–H and O–H groups in total. The monoisotopic (exact) mass is 284 g/mol. The smallest absolute Gasteiger partial charge is 0.0457 e. The molecule has 0 fully saturated rings. The number of benzene rings is 1. The Bertz CT molecular complexity index is 680. The van der Waals surface area contributed by atoms with Crippen LogP contribution in [0.1, 0.15) is 24.3 Å². The Morgan fingerprint density at radius 1 is 1.20 bits per heavy atom. The van der Waals surface area contributed by atoms with Gasteiger partial charge in [0.25, 0.3) is 0 Å². The maximum Gasteiger partial charge on any atom is 0.0457 e. The molecule has 1 aromatic carbocycles. The van der Waals surface area contributed by atoms with Crippen molar-refractivity contribution in [3.05, 3.63) is 58.4 Å². The summed E-state index contributed by atoms with van der Waals surface area (Å²) in [4.78, 5) is 4.70. The molecular weight excluding hydrogens is 264 g/mol. The maximum absolute atomic E-state index is 3.58. The van der Waals surface area contributed by atoms with E-state index >= 15 is 0 Å². The molecule has 0 spiro atoms. The van der Waals surface area contributed by atoms with Crippen LogP contribution in [0.5, 0.6) is 0 Å². The average Bonchev–Trinajstić information content (AvgIpc) is 3.09. The Kier molecular flexibility index (Phi) is 3.64. The number of aromatic amines is 1. The number of nitrogens with one attached hydrogen (secondary N) is 2. The lowest BCUT2D eigenvalue weighted by molar-refractivity contribution is 0.477. The van der Waals surface area contributed by atoms with Crippen LogP contribution in [-0.4, -0.2) is 11.5 Å². The van der Waals surface area contributed by atoms with Crippen LogP contribution in [0.15, 0.2) is 48.0 Å². The van der Waals surface area contributed by atoms with E-state index in [9.17, 15) is 0 Å². The summed E-state index contributed by atoms with van der Waals surface area (Å²) in [6.07, 6.45) is 1.99. The minimum absolute atomic E-state index is 0.185. The first-order chi connectivity index (χ1) is 9.65. The van der Waals surface area contributed by atoms with Gasteiger partial charge < -0.3 is 10.3 Å². The number of hydrogen-bond acceptors (Lipinski definition) is 2. The first kappa shape index (κ1) is 13.4. The van der Waals surface area contributed by atoms with Gasteiger partial charge in [0.05, 0.1) is 0 Å². The molecule has 0 amide bonds. The summed E-state index contributed by atoms with van der Waals surface area (Å²) in [5, 5.41) is 7.00. The Labute approximate surface area is 123 Å². The Balaban J connectivity index is 1.62. The molecule has 104 valence electrons. The van der Waals surface area contributed by atoms with Gasteiger partial charge in [-0.05, 0) is 34.5 Å². The van der Waals surface area contributed by atoms with Crippen molar-refractivity contribution in [3.8, 4) is 0 Å². The highest BCUT2D eigenvalue weighted by atomic mass is 32.1. The van der Waals surface area contributed by atoms with Crippen LogP contribution >= 0.6 is 11.3 Å². The standard InChI is InChI=1S/C17H20N2S/c1-17(2,16-4-3-9-20-16)12-18-11-13-5-6-14-7-8-19-15(14)10-13/h3-10,18-19H,11-12H2,1-2H3. The summed E-state index contributed by atoms with van der Waals surface area (Å²) in [7, 11) is 0. The number of rotatable bonds is 5. The molecule has 0 bridgehead atoms. The van der Waals surface area contributed by atoms with E-state index in [4.69, 9.17) is 0 Å². The molecule has 3 heteroatoms. The summed E-state index contributed by atoms with van der Waals surface area (Å²) in [6, 6.07) is 13.0. The van der Waals surface area contributed by atoms with E-state index in [0.29, 0.717) is 0 Å². The zero-order valence-electron chi connectivity index (χ0n) is 11.9. The number of aromatic nitrogens is 1. The minimum Gasteiger partial charge on any atom is -0.361 e. The zero-order chi connectivity index (χ0) is 14.0. The van der Waals surface area contributed by atoms with E-state index < -0.39 is 0 Å². The second-order valence-corrected chi connectivity index (χ2v) is 6.81. The van der Waals surface area contributed by atoms with Crippen molar-refractivity contribution < 1.29 is 0 Å². The fourth-order valence-corrected chi connectivity index (χ4v) is 3.33. The number of hydrogen-bond donors (Lipinski definition) is 2. The lowest BCUT2D eigenvalue weighted by atomic mass is 9.91. The highest BCUT2D eigenvalue weighted by Gasteiger charge is 2.20. The fraction of sp³-hybridized carbons (Fsp3) is 0.294. The lowest BCUT2D eigenvalue weighted by Crippen LogP contribution is -2.31. The Morgan fingerprint density at radius 2 is 2.10 bits per heavy atom. The summed E-state index contributed by atoms with van der Waals surface area (Å²) in [6.45, 7) is 6.47. The largest absolute Gasteiger partial charge is 0.361 e. The average molecular weight is 284 g/mol. The molecular formula is C17H20N2S.